The lowest BCUT2D eigenvalue weighted by molar-refractivity contribution is 0.627. The highest BCUT2D eigenvalue weighted by atomic mass is 19.1. The Labute approximate surface area is 142 Å². The normalized spacial score (nSPS) is 11.8. The summed E-state index contributed by atoms with van der Waals surface area (Å²) in [6.07, 6.45) is 1.44. The van der Waals surface area contributed by atoms with Crippen molar-refractivity contribution < 1.29 is 4.39 Å². The first kappa shape index (κ1) is 15.3. The van der Waals surface area contributed by atoms with Gasteiger partial charge in [-0.2, -0.15) is 9.78 Å². The Morgan fingerprint density at radius 1 is 1.20 bits per heavy atom. The van der Waals surface area contributed by atoms with E-state index in [1.165, 1.54) is 23.0 Å². The number of aryl methyl sites for hydroxylation is 2. The maximum Gasteiger partial charge on any atom is 0.298 e. The molecule has 5 nitrogen and oxygen atoms in total. The molecule has 0 unspecified atom stereocenters. The summed E-state index contributed by atoms with van der Waals surface area (Å²) in [5.41, 5.74) is 3.28. The van der Waals surface area contributed by atoms with Crippen LogP contribution in [-0.2, 0) is 0 Å². The van der Waals surface area contributed by atoms with Gasteiger partial charge >= 0.3 is 0 Å². The molecule has 0 aliphatic carbocycles. The molecule has 1 N–H and O–H groups in total. The monoisotopic (exact) mass is 334 g/mol. The summed E-state index contributed by atoms with van der Waals surface area (Å²) in [5.74, 6) is 0.111. The van der Waals surface area contributed by atoms with Crippen molar-refractivity contribution in [2.45, 2.75) is 13.8 Å². The van der Waals surface area contributed by atoms with Crippen LogP contribution >= 0.6 is 0 Å². The molecule has 2 aromatic heterocycles. The molecule has 0 saturated heterocycles. The van der Waals surface area contributed by atoms with Crippen molar-refractivity contribution in [1.82, 2.24) is 14.6 Å². The summed E-state index contributed by atoms with van der Waals surface area (Å²) in [7, 11) is 0. The summed E-state index contributed by atoms with van der Waals surface area (Å²) in [5, 5.41) is 5.10. The first-order chi connectivity index (χ1) is 12.0. The molecule has 25 heavy (non-hydrogen) atoms. The Morgan fingerprint density at radius 3 is 2.84 bits per heavy atom. The number of benzene rings is 2. The van der Waals surface area contributed by atoms with Crippen LogP contribution in [0.2, 0.25) is 0 Å². The molecule has 6 heteroatoms. The van der Waals surface area contributed by atoms with Gasteiger partial charge in [-0.3, -0.25) is 4.79 Å². The fourth-order valence-corrected chi connectivity index (χ4v) is 2.87. The first-order valence-electron chi connectivity index (χ1n) is 7.84. The second kappa shape index (κ2) is 5.66. The molecule has 0 bridgehead atoms. The molecule has 0 atom stereocenters. The standard InChI is InChI=1S/C19H15FN4O/c1-11-6-7-16-15(8-11)17-18(23-16)19(25)24(12(2)22-17)21-10-13-4-3-5-14(20)9-13/h3-10,23H,1-2H3/b21-10+. The van der Waals surface area contributed by atoms with Crippen LogP contribution in [0.1, 0.15) is 17.0 Å². The lowest BCUT2D eigenvalue weighted by Gasteiger charge is -2.03. The van der Waals surface area contributed by atoms with Crippen molar-refractivity contribution in [2.24, 2.45) is 5.10 Å². The topological polar surface area (TPSA) is 63.0 Å². The van der Waals surface area contributed by atoms with Gasteiger partial charge in [-0.05, 0) is 43.7 Å². The van der Waals surface area contributed by atoms with Crippen LogP contribution in [0.4, 0.5) is 4.39 Å². The van der Waals surface area contributed by atoms with E-state index in [1.54, 1.807) is 19.1 Å². The average Bonchev–Trinajstić information content (AvgIpc) is 2.93. The molecule has 0 fully saturated rings. The van der Waals surface area contributed by atoms with Crippen LogP contribution in [-0.4, -0.2) is 20.9 Å². The molecule has 0 radical (unpaired) electrons. The van der Waals surface area contributed by atoms with Gasteiger partial charge in [0.05, 0.1) is 6.21 Å². The van der Waals surface area contributed by atoms with Gasteiger partial charge in [0.2, 0.25) is 0 Å². The van der Waals surface area contributed by atoms with Gasteiger partial charge < -0.3 is 4.98 Å². The fourth-order valence-electron chi connectivity index (χ4n) is 2.87. The van der Waals surface area contributed by atoms with Crippen LogP contribution in [0.15, 0.2) is 52.4 Å². The molecule has 0 aliphatic heterocycles. The second-order valence-corrected chi connectivity index (χ2v) is 5.97. The van der Waals surface area contributed by atoms with Gasteiger partial charge in [-0.15, -0.1) is 0 Å². The summed E-state index contributed by atoms with van der Waals surface area (Å²) in [6.45, 7) is 3.72. The maximum absolute atomic E-state index is 13.3. The zero-order chi connectivity index (χ0) is 17.6. The number of fused-ring (bicyclic) bond motifs is 3. The van der Waals surface area contributed by atoms with Crippen LogP contribution in [0.5, 0.6) is 0 Å². The summed E-state index contributed by atoms with van der Waals surface area (Å²) in [4.78, 5) is 20.5. The third-order valence-corrected chi connectivity index (χ3v) is 4.08. The van der Waals surface area contributed by atoms with E-state index in [1.807, 2.05) is 25.1 Å². The highest BCUT2D eigenvalue weighted by molar-refractivity contribution is 6.04. The number of hydrogen-bond acceptors (Lipinski definition) is 3. The van der Waals surface area contributed by atoms with E-state index < -0.39 is 0 Å². The van der Waals surface area contributed by atoms with E-state index >= 15 is 0 Å². The Hall–Kier alpha value is -3.28. The highest BCUT2D eigenvalue weighted by Crippen LogP contribution is 2.23. The smallest absolute Gasteiger partial charge is 0.298 e. The Bertz CT molecular complexity index is 1200. The zero-order valence-corrected chi connectivity index (χ0v) is 13.7. The summed E-state index contributed by atoms with van der Waals surface area (Å²) < 4.78 is 14.5. The summed E-state index contributed by atoms with van der Waals surface area (Å²) in [6, 6.07) is 11.9. The Balaban J connectivity index is 1.90. The first-order valence-corrected chi connectivity index (χ1v) is 7.84. The molecular weight excluding hydrogens is 319 g/mol. The Kier molecular flexibility index (Phi) is 3.46. The van der Waals surface area contributed by atoms with Gasteiger partial charge in [0.1, 0.15) is 22.7 Å². The van der Waals surface area contributed by atoms with Crippen LogP contribution in [0.3, 0.4) is 0 Å². The van der Waals surface area contributed by atoms with E-state index in [2.05, 4.69) is 15.1 Å². The number of halogens is 1. The number of aromatic amines is 1. The third kappa shape index (κ3) is 2.61. The number of nitrogens with zero attached hydrogens (tertiary/aromatic N) is 3. The third-order valence-electron chi connectivity index (χ3n) is 4.08. The minimum Gasteiger partial charge on any atom is -0.349 e. The number of rotatable bonds is 2. The molecule has 0 saturated carbocycles. The van der Waals surface area contributed by atoms with Crippen molar-refractivity contribution in [3.8, 4) is 0 Å². The van der Waals surface area contributed by atoms with Crippen LogP contribution in [0, 0.1) is 19.7 Å². The molecule has 124 valence electrons. The lowest BCUT2D eigenvalue weighted by Crippen LogP contribution is -2.20. The van der Waals surface area contributed by atoms with E-state index in [-0.39, 0.29) is 11.4 Å². The molecule has 2 heterocycles. The molecule has 0 amide bonds. The maximum atomic E-state index is 13.3. The minimum atomic E-state index is -0.354. The molecular formula is C19H15FN4O. The van der Waals surface area contributed by atoms with E-state index in [9.17, 15) is 9.18 Å². The number of hydrogen-bond donors (Lipinski definition) is 1. The van der Waals surface area contributed by atoms with E-state index in [0.29, 0.717) is 22.4 Å². The largest absolute Gasteiger partial charge is 0.349 e. The SMILES string of the molecule is Cc1ccc2[nH]c3c(=O)n(/N=C/c4cccc(F)c4)c(C)nc3c2c1. The zero-order valence-electron chi connectivity index (χ0n) is 13.7. The van der Waals surface area contributed by atoms with Crippen molar-refractivity contribution in [1.29, 1.82) is 0 Å². The quantitative estimate of drug-likeness (QED) is 0.570. The van der Waals surface area contributed by atoms with Gasteiger partial charge in [-0.1, -0.05) is 23.8 Å². The number of aromatic nitrogens is 3. The van der Waals surface area contributed by atoms with Gasteiger partial charge in [0.25, 0.3) is 5.56 Å². The lowest BCUT2D eigenvalue weighted by atomic mass is 10.2. The predicted octanol–water partition coefficient (Wildman–Crippen LogP) is 3.52. The Morgan fingerprint density at radius 2 is 2.04 bits per heavy atom. The molecule has 4 aromatic rings. The van der Waals surface area contributed by atoms with Crippen LogP contribution < -0.4 is 5.56 Å². The molecule has 0 aliphatic rings. The van der Waals surface area contributed by atoms with Gasteiger partial charge in [-0.25, -0.2) is 9.37 Å². The number of nitrogens with one attached hydrogen (secondary N) is 1. The van der Waals surface area contributed by atoms with Crippen molar-refractivity contribution in [2.75, 3.05) is 0 Å². The summed E-state index contributed by atoms with van der Waals surface area (Å²) >= 11 is 0. The second-order valence-electron chi connectivity index (χ2n) is 5.97. The minimum absolute atomic E-state index is 0.288. The molecule has 0 spiro atoms. The van der Waals surface area contributed by atoms with Gasteiger partial charge in [0, 0.05) is 10.9 Å². The fraction of sp³-hybridized carbons (Fsp3) is 0.105. The van der Waals surface area contributed by atoms with E-state index in [4.69, 9.17) is 0 Å². The average molecular weight is 334 g/mol. The van der Waals surface area contributed by atoms with Crippen molar-refractivity contribution in [3.05, 3.63) is 75.6 Å². The molecule has 4 rings (SSSR count). The molecule has 2 aromatic carbocycles. The van der Waals surface area contributed by atoms with Crippen molar-refractivity contribution in [3.63, 3.8) is 0 Å². The highest BCUT2D eigenvalue weighted by Gasteiger charge is 2.13. The van der Waals surface area contributed by atoms with Gasteiger partial charge in [0.15, 0.2) is 0 Å². The number of H-pyrrole nitrogens is 1. The van der Waals surface area contributed by atoms with Crippen molar-refractivity contribution >= 4 is 28.2 Å². The predicted molar refractivity (Wildman–Crippen MR) is 96.7 cm³/mol. The van der Waals surface area contributed by atoms with Crippen LogP contribution in [0.25, 0.3) is 21.9 Å². The van der Waals surface area contributed by atoms with E-state index in [0.717, 1.165) is 16.5 Å².